The zero-order valence-corrected chi connectivity index (χ0v) is 12.8. The highest BCUT2D eigenvalue weighted by Gasteiger charge is 2.09. The van der Waals surface area contributed by atoms with E-state index in [2.05, 4.69) is 43.2 Å². The molecule has 0 spiro atoms. The Hall–Kier alpha value is -1.31. The van der Waals surface area contributed by atoms with Crippen LogP contribution in [0.15, 0.2) is 45.3 Å². The van der Waals surface area contributed by atoms with Gasteiger partial charge in [0, 0.05) is 8.95 Å². The number of hydrogen-bond acceptors (Lipinski definition) is 2. The van der Waals surface area contributed by atoms with E-state index in [1.165, 1.54) is 0 Å². The second-order valence-electron chi connectivity index (χ2n) is 3.83. The predicted molar refractivity (Wildman–Crippen MR) is 81.0 cm³/mol. The summed E-state index contributed by atoms with van der Waals surface area (Å²) in [4.78, 5) is 0. The minimum absolute atomic E-state index is 0.637. The lowest BCUT2D eigenvalue weighted by Gasteiger charge is -2.14. The summed E-state index contributed by atoms with van der Waals surface area (Å²) in [6, 6.07) is 13.7. The molecule has 0 heterocycles. The highest BCUT2D eigenvalue weighted by Crippen LogP contribution is 2.35. The molecule has 0 atom stereocenters. The minimum atomic E-state index is 0.637. The van der Waals surface area contributed by atoms with E-state index in [1.54, 1.807) is 6.07 Å². The molecule has 2 rings (SSSR count). The molecular weight excluding hydrogens is 356 g/mol. The average Bonchev–Trinajstić information content (AvgIpc) is 2.35. The van der Waals surface area contributed by atoms with Gasteiger partial charge in [-0.05, 0) is 62.5 Å². The van der Waals surface area contributed by atoms with Crippen LogP contribution in [0.3, 0.4) is 0 Å². The Morgan fingerprint density at radius 2 is 1.61 bits per heavy atom. The van der Waals surface area contributed by atoms with Crippen molar-refractivity contribution in [1.29, 1.82) is 5.26 Å². The monoisotopic (exact) mass is 364 g/mol. The molecule has 0 fully saturated rings. The molecular formula is C14H10Br2N2. The van der Waals surface area contributed by atoms with Gasteiger partial charge in [0.15, 0.2) is 0 Å². The van der Waals surface area contributed by atoms with Crippen molar-refractivity contribution in [2.45, 2.75) is 6.92 Å². The maximum Gasteiger partial charge on any atom is 0.101 e. The van der Waals surface area contributed by atoms with E-state index in [0.717, 1.165) is 25.9 Å². The first-order valence-corrected chi connectivity index (χ1v) is 6.93. The molecule has 2 aromatic rings. The quantitative estimate of drug-likeness (QED) is 0.800. The summed E-state index contributed by atoms with van der Waals surface area (Å²) in [5, 5.41) is 12.5. The van der Waals surface area contributed by atoms with Gasteiger partial charge in [-0.25, -0.2) is 0 Å². The number of benzene rings is 2. The Morgan fingerprint density at radius 3 is 2.22 bits per heavy atom. The fourth-order valence-corrected chi connectivity index (χ4v) is 2.87. The molecule has 0 saturated heterocycles. The summed E-state index contributed by atoms with van der Waals surface area (Å²) >= 11 is 7.00. The fraction of sp³-hybridized carbons (Fsp3) is 0.0714. The molecule has 90 valence electrons. The van der Waals surface area contributed by atoms with Crippen molar-refractivity contribution in [3.05, 3.63) is 56.5 Å². The van der Waals surface area contributed by atoms with E-state index in [9.17, 15) is 0 Å². The fourth-order valence-electron chi connectivity index (χ4n) is 1.67. The third-order valence-corrected chi connectivity index (χ3v) is 3.93. The minimum Gasteiger partial charge on any atom is -0.352 e. The Balaban J connectivity index is 2.50. The standard InChI is InChI=1S/C14H10Br2N2/c1-9-4-2-5-10(8-17)13(9)18-14-11(15)6-3-7-12(14)16/h2-7,18H,1H3. The lowest BCUT2D eigenvalue weighted by Crippen LogP contribution is -1.98. The Labute approximate surface area is 123 Å². The number of nitriles is 1. The molecule has 4 heteroatoms. The SMILES string of the molecule is Cc1cccc(C#N)c1Nc1c(Br)cccc1Br. The van der Waals surface area contributed by atoms with E-state index >= 15 is 0 Å². The number of rotatable bonds is 2. The van der Waals surface area contributed by atoms with Crippen molar-refractivity contribution >= 4 is 43.2 Å². The number of anilines is 2. The van der Waals surface area contributed by atoms with Crippen LogP contribution in [-0.2, 0) is 0 Å². The van der Waals surface area contributed by atoms with Crippen molar-refractivity contribution in [2.75, 3.05) is 5.32 Å². The van der Waals surface area contributed by atoms with Crippen molar-refractivity contribution in [2.24, 2.45) is 0 Å². The molecule has 0 aliphatic heterocycles. The van der Waals surface area contributed by atoms with Crippen LogP contribution in [0, 0.1) is 18.3 Å². The topological polar surface area (TPSA) is 35.8 Å². The van der Waals surface area contributed by atoms with Gasteiger partial charge >= 0.3 is 0 Å². The zero-order valence-electron chi connectivity index (χ0n) is 9.67. The third kappa shape index (κ3) is 2.58. The van der Waals surface area contributed by atoms with Crippen LogP contribution in [0.2, 0.25) is 0 Å². The highest BCUT2D eigenvalue weighted by molar-refractivity contribution is 9.11. The van der Waals surface area contributed by atoms with Crippen LogP contribution in [0.25, 0.3) is 0 Å². The Kier molecular flexibility index (Phi) is 4.05. The Morgan fingerprint density at radius 1 is 1.00 bits per heavy atom. The molecule has 18 heavy (non-hydrogen) atoms. The van der Waals surface area contributed by atoms with E-state index in [-0.39, 0.29) is 0 Å². The first-order chi connectivity index (χ1) is 8.63. The molecule has 0 aliphatic carbocycles. The molecule has 2 aromatic carbocycles. The van der Waals surface area contributed by atoms with Crippen molar-refractivity contribution in [3.8, 4) is 6.07 Å². The number of nitrogens with zero attached hydrogens (tertiary/aromatic N) is 1. The van der Waals surface area contributed by atoms with E-state index in [4.69, 9.17) is 5.26 Å². The highest BCUT2D eigenvalue weighted by atomic mass is 79.9. The Bertz CT molecular complexity index is 610. The molecule has 2 nitrogen and oxygen atoms in total. The van der Waals surface area contributed by atoms with Crippen molar-refractivity contribution < 1.29 is 0 Å². The molecule has 0 bridgehead atoms. The summed E-state index contributed by atoms with van der Waals surface area (Å²) in [6.45, 7) is 1.98. The molecule has 0 aliphatic rings. The van der Waals surface area contributed by atoms with Crippen molar-refractivity contribution in [1.82, 2.24) is 0 Å². The second-order valence-corrected chi connectivity index (χ2v) is 5.54. The number of para-hydroxylation sites is 2. The van der Waals surface area contributed by atoms with Crippen LogP contribution in [-0.4, -0.2) is 0 Å². The average molecular weight is 366 g/mol. The van der Waals surface area contributed by atoms with E-state index in [0.29, 0.717) is 5.56 Å². The number of halogens is 2. The van der Waals surface area contributed by atoms with Gasteiger partial charge in [-0.2, -0.15) is 5.26 Å². The normalized spacial score (nSPS) is 9.89. The maximum atomic E-state index is 9.15. The van der Waals surface area contributed by atoms with E-state index in [1.807, 2.05) is 37.3 Å². The van der Waals surface area contributed by atoms with Gasteiger partial charge in [0.25, 0.3) is 0 Å². The van der Waals surface area contributed by atoms with Gasteiger partial charge in [-0.3, -0.25) is 0 Å². The zero-order chi connectivity index (χ0) is 13.1. The number of nitrogens with one attached hydrogen (secondary N) is 1. The summed E-state index contributed by atoms with van der Waals surface area (Å²) in [5.74, 6) is 0. The van der Waals surface area contributed by atoms with E-state index < -0.39 is 0 Å². The third-order valence-electron chi connectivity index (χ3n) is 2.61. The molecule has 0 amide bonds. The lowest BCUT2D eigenvalue weighted by atomic mass is 10.1. The summed E-state index contributed by atoms with van der Waals surface area (Å²) in [5.41, 5.74) is 3.44. The van der Waals surface area contributed by atoms with Crippen LogP contribution in [0.1, 0.15) is 11.1 Å². The second kappa shape index (κ2) is 5.55. The molecule has 1 N–H and O–H groups in total. The number of aryl methyl sites for hydroxylation is 1. The van der Waals surface area contributed by atoms with Gasteiger partial charge in [0.2, 0.25) is 0 Å². The van der Waals surface area contributed by atoms with Crippen LogP contribution in [0.5, 0.6) is 0 Å². The molecule has 0 aromatic heterocycles. The van der Waals surface area contributed by atoms with Gasteiger partial charge in [0.1, 0.15) is 6.07 Å². The molecule has 0 unspecified atom stereocenters. The van der Waals surface area contributed by atoms with Crippen LogP contribution < -0.4 is 5.32 Å². The predicted octanol–water partition coefficient (Wildman–Crippen LogP) is 5.14. The molecule has 0 radical (unpaired) electrons. The van der Waals surface area contributed by atoms with Gasteiger partial charge in [-0.15, -0.1) is 0 Å². The first-order valence-electron chi connectivity index (χ1n) is 5.34. The summed E-state index contributed by atoms with van der Waals surface area (Å²) in [6.07, 6.45) is 0. The number of hydrogen-bond donors (Lipinski definition) is 1. The van der Waals surface area contributed by atoms with Crippen LogP contribution >= 0.6 is 31.9 Å². The first kappa shape index (κ1) is 13.1. The summed E-state index contributed by atoms with van der Waals surface area (Å²) in [7, 11) is 0. The van der Waals surface area contributed by atoms with Gasteiger partial charge in [-0.1, -0.05) is 18.2 Å². The van der Waals surface area contributed by atoms with Crippen molar-refractivity contribution in [3.63, 3.8) is 0 Å². The van der Waals surface area contributed by atoms with Gasteiger partial charge in [0.05, 0.1) is 16.9 Å². The maximum absolute atomic E-state index is 9.15. The summed E-state index contributed by atoms with van der Waals surface area (Å²) < 4.78 is 1.90. The van der Waals surface area contributed by atoms with Crippen LogP contribution in [0.4, 0.5) is 11.4 Å². The van der Waals surface area contributed by atoms with Gasteiger partial charge < -0.3 is 5.32 Å². The lowest BCUT2D eigenvalue weighted by molar-refractivity contribution is 1.38. The molecule has 0 saturated carbocycles. The smallest absolute Gasteiger partial charge is 0.101 e. The largest absolute Gasteiger partial charge is 0.352 e.